The number of carbonyl (C=O) groups excluding carboxylic acids is 1. The molecule has 1 amide bonds. The van der Waals surface area contributed by atoms with Crippen LogP contribution in [0.4, 0.5) is 0 Å². The van der Waals surface area contributed by atoms with Crippen LogP contribution in [0, 0.1) is 6.92 Å². The van der Waals surface area contributed by atoms with Gasteiger partial charge in [0.2, 0.25) is 5.88 Å². The molecule has 0 unspecified atom stereocenters. The molecule has 0 saturated carbocycles. The number of aryl methyl sites for hydroxylation is 1. The van der Waals surface area contributed by atoms with Crippen LogP contribution in [0.15, 0.2) is 48.7 Å². The van der Waals surface area contributed by atoms with E-state index in [2.05, 4.69) is 30.8 Å². The number of rotatable bonds is 6. The van der Waals surface area contributed by atoms with Crippen molar-refractivity contribution in [3.63, 3.8) is 0 Å². The quantitative estimate of drug-likeness (QED) is 0.523. The Balaban J connectivity index is 1.42. The number of carbonyl (C=O) groups is 1. The Labute approximate surface area is 170 Å². The van der Waals surface area contributed by atoms with Crippen molar-refractivity contribution in [1.29, 1.82) is 0 Å². The monoisotopic (exact) mass is 407 g/mol. The van der Waals surface area contributed by atoms with E-state index in [1.165, 1.54) is 16.0 Å². The molecule has 9 nitrogen and oxygen atoms in total. The summed E-state index contributed by atoms with van der Waals surface area (Å²) in [6.07, 6.45) is 1.56. The summed E-state index contributed by atoms with van der Waals surface area (Å²) in [5.41, 5.74) is 2.62. The van der Waals surface area contributed by atoms with Crippen molar-refractivity contribution in [1.82, 2.24) is 35.5 Å². The lowest BCUT2D eigenvalue weighted by atomic mass is 10.2. The number of hydrogen-bond acceptors (Lipinski definition) is 8. The molecule has 0 saturated heterocycles. The van der Waals surface area contributed by atoms with Crippen LogP contribution in [0.3, 0.4) is 0 Å². The molecule has 0 bridgehead atoms. The molecule has 1 aromatic carbocycles. The molecule has 3 aromatic heterocycles. The summed E-state index contributed by atoms with van der Waals surface area (Å²) in [4.78, 5) is 16.7. The summed E-state index contributed by atoms with van der Waals surface area (Å²) >= 11 is 1.43. The maximum atomic E-state index is 12.4. The van der Waals surface area contributed by atoms with Crippen molar-refractivity contribution in [2.24, 2.45) is 0 Å². The Morgan fingerprint density at radius 3 is 2.72 bits per heavy atom. The largest absolute Gasteiger partial charge is 0.481 e. The van der Waals surface area contributed by atoms with Crippen molar-refractivity contribution >= 4 is 17.2 Å². The number of benzene rings is 1. The first-order valence-corrected chi connectivity index (χ1v) is 9.56. The average molecular weight is 407 g/mol. The summed E-state index contributed by atoms with van der Waals surface area (Å²) in [6, 6.07) is 13.3. The van der Waals surface area contributed by atoms with E-state index in [0.717, 1.165) is 10.6 Å². The zero-order valence-electron chi connectivity index (χ0n) is 15.7. The number of aromatic nitrogens is 6. The molecule has 0 aliphatic carbocycles. The molecule has 3 heterocycles. The number of hydrogen-bond donors (Lipinski definition) is 1. The standard InChI is InChI=1S/C19H17N7O2S/c1-12-15(8-9-16(21-12)28-2)26-11-14(22-25-26)18(27)20-10-17-23-24-19(29-17)13-6-4-3-5-7-13/h3-9,11H,10H2,1-2H3,(H,20,27). The molecule has 4 rings (SSSR count). The second-order valence-electron chi connectivity index (χ2n) is 6.06. The molecule has 0 aliphatic rings. The van der Waals surface area contributed by atoms with Gasteiger partial charge in [0.15, 0.2) is 5.69 Å². The van der Waals surface area contributed by atoms with E-state index in [0.29, 0.717) is 22.3 Å². The molecular formula is C19H17N7O2S. The van der Waals surface area contributed by atoms with Gasteiger partial charge in [-0.1, -0.05) is 46.9 Å². The maximum Gasteiger partial charge on any atom is 0.273 e. The Morgan fingerprint density at radius 1 is 1.14 bits per heavy atom. The third-order valence-corrected chi connectivity index (χ3v) is 5.07. The molecule has 0 fully saturated rings. The van der Waals surface area contributed by atoms with Gasteiger partial charge in [0.05, 0.1) is 31.2 Å². The molecular weight excluding hydrogens is 390 g/mol. The first kappa shape index (κ1) is 18.7. The van der Waals surface area contributed by atoms with Crippen molar-refractivity contribution in [2.45, 2.75) is 13.5 Å². The predicted molar refractivity (Wildman–Crippen MR) is 107 cm³/mol. The van der Waals surface area contributed by atoms with Crippen LogP contribution >= 0.6 is 11.3 Å². The van der Waals surface area contributed by atoms with Crippen LogP contribution in [0.5, 0.6) is 5.88 Å². The molecule has 0 radical (unpaired) electrons. The lowest BCUT2D eigenvalue weighted by Crippen LogP contribution is -2.23. The molecule has 29 heavy (non-hydrogen) atoms. The highest BCUT2D eigenvalue weighted by Gasteiger charge is 2.14. The lowest BCUT2D eigenvalue weighted by Gasteiger charge is -2.05. The van der Waals surface area contributed by atoms with Crippen LogP contribution in [0.2, 0.25) is 0 Å². The highest BCUT2D eigenvalue weighted by molar-refractivity contribution is 7.14. The molecule has 10 heteroatoms. The summed E-state index contributed by atoms with van der Waals surface area (Å²) in [5, 5.41) is 20.6. The Hall–Kier alpha value is -3.66. The van der Waals surface area contributed by atoms with Gasteiger partial charge >= 0.3 is 0 Å². The number of amides is 1. The SMILES string of the molecule is COc1ccc(-n2cc(C(=O)NCc3nnc(-c4ccccc4)s3)nn2)c(C)n1. The number of nitrogens with one attached hydrogen (secondary N) is 1. The van der Waals surface area contributed by atoms with Gasteiger partial charge in [-0.25, -0.2) is 9.67 Å². The highest BCUT2D eigenvalue weighted by atomic mass is 32.1. The number of methoxy groups -OCH3 is 1. The minimum Gasteiger partial charge on any atom is -0.481 e. The van der Waals surface area contributed by atoms with Crippen LogP contribution in [0.25, 0.3) is 16.3 Å². The second kappa shape index (κ2) is 8.15. The highest BCUT2D eigenvalue weighted by Crippen LogP contribution is 2.23. The van der Waals surface area contributed by atoms with E-state index in [1.807, 2.05) is 43.3 Å². The van der Waals surface area contributed by atoms with Gasteiger partial charge in [0, 0.05) is 11.6 Å². The zero-order valence-corrected chi connectivity index (χ0v) is 16.6. The van der Waals surface area contributed by atoms with E-state index >= 15 is 0 Å². The molecule has 0 spiro atoms. The molecule has 0 aliphatic heterocycles. The Bertz CT molecular complexity index is 1140. The fraction of sp³-hybridized carbons (Fsp3) is 0.158. The van der Waals surface area contributed by atoms with Crippen LogP contribution in [-0.4, -0.2) is 43.2 Å². The number of pyridine rings is 1. The van der Waals surface area contributed by atoms with Gasteiger partial charge in [-0.3, -0.25) is 4.79 Å². The zero-order chi connectivity index (χ0) is 20.2. The van der Waals surface area contributed by atoms with Crippen LogP contribution in [0.1, 0.15) is 21.2 Å². The first-order valence-electron chi connectivity index (χ1n) is 8.74. The summed E-state index contributed by atoms with van der Waals surface area (Å²) < 4.78 is 6.61. The average Bonchev–Trinajstić information content (AvgIpc) is 3.42. The lowest BCUT2D eigenvalue weighted by molar-refractivity contribution is 0.0945. The van der Waals surface area contributed by atoms with Gasteiger partial charge in [0.25, 0.3) is 5.91 Å². The van der Waals surface area contributed by atoms with Crippen molar-refractivity contribution < 1.29 is 9.53 Å². The fourth-order valence-corrected chi connectivity index (χ4v) is 3.43. The smallest absolute Gasteiger partial charge is 0.273 e. The Kier molecular flexibility index (Phi) is 5.25. The normalized spacial score (nSPS) is 10.7. The van der Waals surface area contributed by atoms with Gasteiger partial charge in [0.1, 0.15) is 10.0 Å². The fourth-order valence-electron chi connectivity index (χ4n) is 2.64. The number of ether oxygens (including phenoxy) is 1. The summed E-state index contributed by atoms with van der Waals surface area (Å²) in [6.45, 7) is 2.10. The molecule has 0 atom stereocenters. The van der Waals surface area contributed by atoms with Crippen LogP contribution < -0.4 is 10.1 Å². The minimum atomic E-state index is -0.341. The van der Waals surface area contributed by atoms with Gasteiger partial charge < -0.3 is 10.1 Å². The van der Waals surface area contributed by atoms with Gasteiger partial charge in [-0.2, -0.15) is 0 Å². The number of nitrogens with zero attached hydrogens (tertiary/aromatic N) is 6. The maximum absolute atomic E-state index is 12.4. The van der Waals surface area contributed by atoms with E-state index in [9.17, 15) is 4.79 Å². The van der Waals surface area contributed by atoms with Crippen LogP contribution in [-0.2, 0) is 6.54 Å². The molecule has 146 valence electrons. The van der Waals surface area contributed by atoms with E-state index < -0.39 is 0 Å². The second-order valence-corrected chi connectivity index (χ2v) is 7.12. The third kappa shape index (κ3) is 4.11. The van der Waals surface area contributed by atoms with E-state index in [-0.39, 0.29) is 18.1 Å². The van der Waals surface area contributed by atoms with E-state index in [1.54, 1.807) is 19.4 Å². The van der Waals surface area contributed by atoms with Gasteiger partial charge in [-0.15, -0.1) is 15.3 Å². The predicted octanol–water partition coefficient (Wildman–Crippen LogP) is 2.43. The summed E-state index contributed by atoms with van der Waals surface area (Å²) in [7, 11) is 1.56. The topological polar surface area (TPSA) is 108 Å². The third-order valence-electron chi connectivity index (χ3n) is 4.10. The first-order chi connectivity index (χ1) is 14.1. The Morgan fingerprint density at radius 2 is 1.97 bits per heavy atom. The van der Waals surface area contributed by atoms with Crippen molar-refractivity contribution in [2.75, 3.05) is 7.11 Å². The molecule has 4 aromatic rings. The van der Waals surface area contributed by atoms with Gasteiger partial charge in [-0.05, 0) is 13.0 Å². The van der Waals surface area contributed by atoms with E-state index in [4.69, 9.17) is 4.74 Å². The summed E-state index contributed by atoms with van der Waals surface area (Å²) in [5.74, 6) is 0.170. The molecule has 1 N–H and O–H groups in total. The van der Waals surface area contributed by atoms with Crippen molar-refractivity contribution in [3.8, 4) is 22.1 Å². The minimum absolute atomic E-state index is 0.202. The van der Waals surface area contributed by atoms with Crippen molar-refractivity contribution in [3.05, 3.63) is 65.1 Å².